The number of rotatable bonds is 12. The van der Waals surface area contributed by atoms with Crippen LogP contribution in [-0.2, 0) is 32.6 Å². The maximum absolute atomic E-state index is 11.9. The van der Waals surface area contributed by atoms with Crippen LogP contribution in [0.4, 0.5) is 5.13 Å². The third-order valence-corrected chi connectivity index (χ3v) is 6.04. The molecule has 160 valence electrons. The SMILES string of the molecule is CNC(=O)CCCCCn1cc(CCCC(=O)Nc2nnc(S(N)(=O)=O)s2)nn1. The lowest BCUT2D eigenvalue weighted by molar-refractivity contribution is -0.120. The molecule has 0 spiro atoms. The first-order chi connectivity index (χ1) is 13.8. The zero-order valence-corrected chi connectivity index (χ0v) is 17.6. The van der Waals surface area contributed by atoms with E-state index in [2.05, 4.69) is 31.1 Å². The summed E-state index contributed by atoms with van der Waals surface area (Å²) < 4.78 is 23.7. The normalized spacial score (nSPS) is 11.4. The fourth-order valence-electron chi connectivity index (χ4n) is 2.41. The molecule has 0 aliphatic rings. The van der Waals surface area contributed by atoms with Gasteiger partial charge < -0.3 is 10.6 Å². The first-order valence-electron chi connectivity index (χ1n) is 9.03. The van der Waals surface area contributed by atoms with Crippen LogP contribution in [-0.4, -0.2) is 52.5 Å². The van der Waals surface area contributed by atoms with Crippen molar-refractivity contribution in [3.63, 3.8) is 0 Å². The summed E-state index contributed by atoms with van der Waals surface area (Å²) in [5, 5.41) is 25.3. The smallest absolute Gasteiger partial charge is 0.267 e. The number of aryl methyl sites for hydroxylation is 2. The van der Waals surface area contributed by atoms with Crippen LogP contribution in [0.3, 0.4) is 0 Å². The first kappa shape index (κ1) is 22.8. The van der Waals surface area contributed by atoms with E-state index in [1.807, 2.05) is 6.20 Å². The Morgan fingerprint density at radius 1 is 1.10 bits per heavy atom. The molecule has 12 nitrogen and oxygen atoms in total. The molecule has 2 aromatic heterocycles. The second-order valence-corrected chi connectivity index (χ2v) is 8.99. The number of primary sulfonamides is 1. The van der Waals surface area contributed by atoms with E-state index in [0.717, 1.165) is 31.5 Å². The molecule has 0 radical (unpaired) electrons. The molecule has 2 heterocycles. The fourth-order valence-corrected chi connectivity index (χ4v) is 3.76. The number of nitrogens with one attached hydrogen (secondary N) is 2. The quantitative estimate of drug-likeness (QED) is 0.304. The summed E-state index contributed by atoms with van der Waals surface area (Å²) in [6.45, 7) is 0.727. The number of unbranched alkanes of at least 4 members (excludes halogenated alkanes) is 2. The predicted molar refractivity (Wildman–Crippen MR) is 105 cm³/mol. The average Bonchev–Trinajstić information content (AvgIpc) is 3.30. The summed E-state index contributed by atoms with van der Waals surface area (Å²) in [5.41, 5.74) is 0.788. The third kappa shape index (κ3) is 8.21. The molecule has 2 rings (SSSR count). The average molecular weight is 445 g/mol. The predicted octanol–water partition coefficient (Wildman–Crippen LogP) is 0.0448. The summed E-state index contributed by atoms with van der Waals surface area (Å²) in [6, 6.07) is 0. The lowest BCUT2D eigenvalue weighted by atomic mass is 10.2. The van der Waals surface area contributed by atoms with E-state index in [4.69, 9.17) is 5.14 Å². The molecular weight excluding hydrogens is 420 g/mol. The van der Waals surface area contributed by atoms with Gasteiger partial charge in [-0.2, -0.15) is 0 Å². The molecule has 0 aliphatic carbocycles. The van der Waals surface area contributed by atoms with E-state index in [0.29, 0.717) is 30.6 Å². The van der Waals surface area contributed by atoms with Crippen molar-refractivity contribution >= 4 is 38.3 Å². The number of nitrogens with zero attached hydrogens (tertiary/aromatic N) is 5. The van der Waals surface area contributed by atoms with Crippen LogP contribution in [0.1, 0.15) is 44.2 Å². The summed E-state index contributed by atoms with van der Waals surface area (Å²) in [4.78, 5) is 23.1. The molecule has 2 amide bonds. The van der Waals surface area contributed by atoms with Gasteiger partial charge in [0.05, 0.1) is 5.69 Å². The molecule has 4 N–H and O–H groups in total. The molecule has 0 aliphatic heterocycles. The number of carbonyl (C=O) groups is 2. The van der Waals surface area contributed by atoms with Gasteiger partial charge in [0.2, 0.25) is 21.3 Å². The maximum Gasteiger partial charge on any atom is 0.267 e. The van der Waals surface area contributed by atoms with Gasteiger partial charge in [0.15, 0.2) is 0 Å². The van der Waals surface area contributed by atoms with Gasteiger partial charge in [0.1, 0.15) is 0 Å². The number of hydrogen-bond donors (Lipinski definition) is 3. The minimum absolute atomic E-state index is 0.0491. The van der Waals surface area contributed by atoms with Gasteiger partial charge in [0, 0.05) is 32.6 Å². The molecule has 0 saturated heterocycles. The lowest BCUT2D eigenvalue weighted by Crippen LogP contribution is -2.16. The van der Waals surface area contributed by atoms with E-state index in [1.165, 1.54) is 0 Å². The standard InChI is InChI=1S/C15H24N8O4S2/c1-17-12(24)7-3-2-4-9-23-10-11(19-22-23)6-5-8-13(25)18-14-20-21-15(28-14)29(16,26)27/h10H,2-9H2,1H3,(H,17,24)(H2,16,26,27)(H,18,20,25). The number of aromatic nitrogens is 5. The molecule has 29 heavy (non-hydrogen) atoms. The summed E-state index contributed by atoms with van der Waals surface area (Å²) in [7, 11) is -2.30. The van der Waals surface area contributed by atoms with E-state index >= 15 is 0 Å². The van der Waals surface area contributed by atoms with Gasteiger partial charge in [-0.05, 0) is 25.7 Å². The Morgan fingerprint density at radius 2 is 1.86 bits per heavy atom. The molecule has 0 bridgehead atoms. The Balaban J connectivity index is 1.64. The fraction of sp³-hybridized carbons (Fsp3) is 0.600. The Morgan fingerprint density at radius 3 is 2.55 bits per heavy atom. The number of sulfonamides is 1. The van der Waals surface area contributed by atoms with E-state index in [9.17, 15) is 18.0 Å². The molecule has 2 aromatic rings. The molecule has 0 aromatic carbocycles. The third-order valence-electron chi connectivity index (χ3n) is 3.89. The zero-order valence-electron chi connectivity index (χ0n) is 16.0. The van der Waals surface area contributed by atoms with E-state index < -0.39 is 10.0 Å². The van der Waals surface area contributed by atoms with Crippen molar-refractivity contribution in [1.82, 2.24) is 30.5 Å². The Hall–Kier alpha value is -2.45. The highest BCUT2D eigenvalue weighted by molar-refractivity contribution is 7.91. The van der Waals surface area contributed by atoms with Gasteiger partial charge in [-0.25, -0.2) is 13.6 Å². The van der Waals surface area contributed by atoms with Gasteiger partial charge in [-0.15, -0.1) is 15.3 Å². The number of amides is 2. The molecule has 14 heteroatoms. The van der Waals surface area contributed by atoms with Crippen LogP contribution in [0.25, 0.3) is 0 Å². The minimum atomic E-state index is -3.93. The Bertz CT molecular complexity index is 924. The minimum Gasteiger partial charge on any atom is -0.359 e. The van der Waals surface area contributed by atoms with Crippen molar-refractivity contribution in [1.29, 1.82) is 0 Å². The Kier molecular flexibility index (Phi) is 8.60. The van der Waals surface area contributed by atoms with Gasteiger partial charge >= 0.3 is 0 Å². The van der Waals surface area contributed by atoms with Crippen LogP contribution < -0.4 is 15.8 Å². The maximum atomic E-state index is 11.9. The Labute approximate surface area is 172 Å². The molecule has 0 fully saturated rings. The topological polar surface area (TPSA) is 175 Å². The van der Waals surface area contributed by atoms with Crippen molar-refractivity contribution in [2.45, 2.75) is 55.8 Å². The molecule has 0 atom stereocenters. The van der Waals surface area contributed by atoms with Crippen LogP contribution in [0.5, 0.6) is 0 Å². The van der Waals surface area contributed by atoms with Crippen molar-refractivity contribution in [2.75, 3.05) is 12.4 Å². The summed E-state index contributed by atoms with van der Waals surface area (Å²) in [5.74, 6) is -0.251. The molecule has 0 saturated carbocycles. The summed E-state index contributed by atoms with van der Waals surface area (Å²) >= 11 is 0.700. The highest BCUT2D eigenvalue weighted by atomic mass is 32.2. The first-order valence-corrected chi connectivity index (χ1v) is 11.4. The van der Waals surface area contributed by atoms with Crippen molar-refractivity contribution in [2.24, 2.45) is 5.14 Å². The van der Waals surface area contributed by atoms with Crippen LogP contribution in [0.15, 0.2) is 10.5 Å². The second kappa shape index (κ2) is 10.9. The summed E-state index contributed by atoms with van der Waals surface area (Å²) in [6.07, 6.45) is 6.41. The highest BCUT2D eigenvalue weighted by Gasteiger charge is 2.16. The van der Waals surface area contributed by atoms with Crippen molar-refractivity contribution in [3.05, 3.63) is 11.9 Å². The highest BCUT2D eigenvalue weighted by Crippen LogP contribution is 2.18. The molecular formula is C15H24N8O4S2. The largest absolute Gasteiger partial charge is 0.359 e. The van der Waals surface area contributed by atoms with Crippen molar-refractivity contribution in [3.8, 4) is 0 Å². The number of carbonyl (C=O) groups excluding carboxylic acids is 2. The van der Waals surface area contributed by atoms with Crippen LogP contribution in [0.2, 0.25) is 0 Å². The number of anilines is 1. The van der Waals surface area contributed by atoms with Gasteiger partial charge in [-0.1, -0.05) is 23.0 Å². The van der Waals surface area contributed by atoms with Crippen LogP contribution >= 0.6 is 11.3 Å². The molecule has 0 unspecified atom stereocenters. The monoisotopic (exact) mass is 444 g/mol. The second-order valence-electron chi connectivity index (χ2n) is 6.28. The van der Waals surface area contributed by atoms with Gasteiger partial charge in [0.25, 0.3) is 10.0 Å². The number of hydrogen-bond acceptors (Lipinski definition) is 9. The lowest BCUT2D eigenvalue weighted by Gasteiger charge is -2.01. The van der Waals surface area contributed by atoms with Crippen molar-refractivity contribution < 1.29 is 18.0 Å². The van der Waals surface area contributed by atoms with E-state index in [1.54, 1.807) is 11.7 Å². The number of nitrogens with two attached hydrogens (primary N) is 1. The van der Waals surface area contributed by atoms with E-state index in [-0.39, 0.29) is 27.7 Å². The zero-order chi connectivity index (χ0) is 21.3. The van der Waals surface area contributed by atoms with Crippen LogP contribution in [0, 0.1) is 0 Å². The van der Waals surface area contributed by atoms with Gasteiger partial charge in [-0.3, -0.25) is 14.3 Å².